The Balaban J connectivity index is 1.51. The Morgan fingerprint density at radius 1 is 1.00 bits per heavy atom. The van der Waals surface area contributed by atoms with Crippen LogP contribution in [0.15, 0.2) is 53.9 Å². The molecule has 32 heavy (non-hydrogen) atoms. The molecule has 1 heterocycles. The minimum absolute atomic E-state index is 0.122. The van der Waals surface area contributed by atoms with Gasteiger partial charge in [0, 0.05) is 24.0 Å². The molecule has 4 nitrogen and oxygen atoms in total. The Morgan fingerprint density at radius 3 is 2.22 bits per heavy atom. The van der Waals surface area contributed by atoms with Crippen LogP contribution in [-0.2, 0) is 30.5 Å². The maximum atomic E-state index is 12.7. The van der Waals surface area contributed by atoms with Crippen LogP contribution in [-0.4, -0.2) is 28.9 Å². The van der Waals surface area contributed by atoms with E-state index < -0.39 is 11.7 Å². The van der Waals surface area contributed by atoms with E-state index in [0.717, 1.165) is 37.3 Å². The number of hydrogen-bond donors (Lipinski definition) is 1. The van der Waals surface area contributed by atoms with E-state index in [0.29, 0.717) is 22.8 Å². The first kappa shape index (κ1) is 23.9. The summed E-state index contributed by atoms with van der Waals surface area (Å²) >= 11 is 1.31. The summed E-state index contributed by atoms with van der Waals surface area (Å²) < 4.78 is 38.1. The number of aromatic nitrogens is 1. The van der Waals surface area contributed by atoms with Gasteiger partial charge in [-0.1, -0.05) is 50.2 Å². The van der Waals surface area contributed by atoms with Crippen molar-refractivity contribution >= 4 is 17.2 Å². The average Bonchev–Trinajstić information content (AvgIpc) is 3.24. The topological polar surface area (TPSA) is 45.2 Å². The van der Waals surface area contributed by atoms with Gasteiger partial charge in [-0.25, -0.2) is 4.98 Å². The average molecular weight is 462 g/mol. The zero-order valence-electron chi connectivity index (χ0n) is 18.1. The lowest BCUT2D eigenvalue weighted by Crippen LogP contribution is -2.24. The molecular formula is C24H26F3N3OS. The molecule has 1 N–H and O–H groups in total. The van der Waals surface area contributed by atoms with E-state index in [2.05, 4.69) is 41.2 Å². The molecule has 0 atom stereocenters. The van der Waals surface area contributed by atoms with E-state index >= 15 is 0 Å². The largest absolute Gasteiger partial charge is 0.416 e. The number of carbonyl (C=O) groups is 1. The fraction of sp³-hybridized carbons (Fsp3) is 0.333. The molecule has 3 rings (SSSR count). The van der Waals surface area contributed by atoms with Gasteiger partial charge >= 0.3 is 6.18 Å². The summed E-state index contributed by atoms with van der Waals surface area (Å²) in [4.78, 5) is 19.0. The maximum absolute atomic E-state index is 12.7. The van der Waals surface area contributed by atoms with Crippen molar-refractivity contribution in [3.63, 3.8) is 0 Å². The van der Waals surface area contributed by atoms with Gasteiger partial charge < -0.3 is 5.32 Å². The summed E-state index contributed by atoms with van der Waals surface area (Å²) in [6.07, 6.45) is -4.24. The van der Waals surface area contributed by atoms with E-state index in [1.54, 1.807) is 5.38 Å². The third-order valence-electron chi connectivity index (χ3n) is 5.17. The second-order valence-electron chi connectivity index (χ2n) is 7.45. The Kier molecular flexibility index (Phi) is 8.04. The van der Waals surface area contributed by atoms with Crippen molar-refractivity contribution in [3.05, 3.63) is 76.3 Å². The monoisotopic (exact) mass is 461 g/mol. The number of thiazole rings is 1. The zero-order chi connectivity index (χ0) is 23.1. The van der Waals surface area contributed by atoms with Crippen LogP contribution in [0.5, 0.6) is 0 Å². The molecule has 8 heteroatoms. The minimum atomic E-state index is -4.36. The lowest BCUT2D eigenvalue weighted by atomic mass is 10.1. The van der Waals surface area contributed by atoms with Gasteiger partial charge in [-0.2, -0.15) is 13.2 Å². The van der Waals surface area contributed by atoms with Crippen LogP contribution in [0.3, 0.4) is 0 Å². The number of halogens is 3. The van der Waals surface area contributed by atoms with Gasteiger partial charge in [0.1, 0.15) is 5.01 Å². The molecule has 3 aromatic rings. The number of alkyl halides is 3. The van der Waals surface area contributed by atoms with Crippen LogP contribution in [0.4, 0.5) is 13.2 Å². The second-order valence-corrected chi connectivity index (χ2v) is 8.31. The first-order valence-electron chi connectivity index (χ1n) is 10.5. The Morgan fingerprint density at radius 2 is 1.62 bits per heavy atom. The standard InChI is InChI=1S/C24H26F3N3OS/c1-3-30(4-2)15-18-7-5-17(6-8-18)14-28-22(31)13-21-16-32-23(29-21)19-9-11-20(12-10-19)24(25,26)27/h5-12,16H,3-4,13-15H2,1-2H3,(H,28,31). The molecular weight excluding hydrogens is 435 g/mol. The molecule has 0 fully saturated rings. The van der Waals surface area contributed by atoms with Gasteiger partial charge in [0.2, 0.25) is 5.91 Å². The van der Waals surface area contributed by atoms with Crippen molar-refractivity contribution in [1.29, 1.82) is 0 Å². The lowest BCUT2D eigenvalue weighted by Gasteiger charge is -2.18. The van der Waals surface area contributed by atoms with Crippen molar-refractivity contribution in [2.24, 2.45) is 0 Å². The number of nitrogens with zero attached hydrogens (tertiary/aromatic N) is 2. The Labute approximate surface area is 190 Å². The van der Waals surface area contributed by atoms with Crippen molar-refractivity contribution in [2.75, 3.05) is 13.1 Å². The summed E-state index contributed by atoms with van der Waals surface area (Å²) in [7, 11) is 0. The van der Waals surface area contributed by atoms with E-state index in [9.17, 15) is 18.0 Å². The molecule has 0 bridgehead atoms. The van der Waals surface area contributed by atoms with Crippen molar-refractivity contribution in [1.82, 2.24) is 15.2 Å². The van der Waals surface area contributed by atoms with Crippen LogP contribution >= 0.6 is 11.3 Å². The van der Waals surface area contributed by atoms with Crippen molar-refractivity contribution in [2.45, 2.75) is 39.5 Å². The summed E-state index contributed by atoms with van der Waals surface area (Å²) in [5.41, 5.74) is 2.75. The third-order valence-corrected chi connectivity index (χ3v) is 6.11. The second kappa shape index (κ2) is 10.7. The summed E-state index contributed by atoms with van der Waals surface area (Å²) in [6.45, 7) is 7.63. The highest BCUT2D eigenvalue weighted by atomic mass is 32.1. The number of nitrogens with one attached hydrogen (secondary N) is 1. The molecule has 0 spiro atoms. The van der Waals surface area contributed by atoms with Gasteiger partial charge in [0.25, 0.3) is 0 Å². The summed E-state index contributed by atoms with van der Waals surface area (Å²) in [5, 5.41) is 5.24. The number of hydrogen-bond acceptors (Lipinski definition) is 4. The summed E-state index contributed by atoms with van der Waals surface area (Å²) in [6, 6.07) is 13.1. The number of carbonyl (C=O) groups excluding carboxylic acids is 1. The van der Waals surface area contributed by atoms with Gasteiger partial charge in [-0.3, -0.25) is 9.69 Å². The van der Waals surface area contributed by atoms with Crippen LogP contribution < -0.4 is 5.32 Å². The minimum Gasteiger partial charge on any atom is -0.352 e. The van der Waals surface area contributed by atoms with Gasteiger partial charge in [-0.15, -0.1) is 11.3 Å². The molecule has 0 aliphatic rings. The Bertz CT molecular complexity index is 1010. The van der Waals surface area contributed by atoms with E-state index in [4.69, 9.17) is 0 Å². The van der Waals surface area contributed by atoms with Crippen LogP contribution in [0.1, 0.15) is 36.2 Å². The zero-order valence-corrected chi connectivity index (χ0v) is 18.9. The molecule has 0 unspecified atom stereocenters. The normalized spacial score (nSPS) is 11.7. The highest BCUT2D eigenvalue weighted by Crippen LogP contribution is 2.31. The molecule has 0 radical (unpaired) electrons. The molecule has 2 aromatic carbocycles. The van der Waals surface area contributed by atoms with Crippen LogP contribution in [0.25, 0.3) is 10.6 Å². The molecule has 0 saturated heterocycles. The van der Waals surface area contributed by atoms with Crippen molar-refractivity contribution in [3.8, 4) is 10.6 Å². The first-order chi connectivity index (χ1) is 15.3. The molecule has 0 saturated carbocycles. The molecule has 0 aliphatic heterocycles. The van der Waals surface area contributed by atoms with Gasteiger partial charge in [-0.05, 0) is 36.3 Å². The maximum Gasteiger partial charge on any atom is 0.416 e. The van der Waals surface area contributed by atoms with E-state index in [-0.39, 0.29) is 12.3 Å². The fourth-order valence-corrected chi connectivity index (χ4v) is 4.04. The molecule has 1 amide bonds. The first-order valence-corrected chi connectivity index (χ1v) is 11.3. The van der Waals surface area contributed by atoms with Gasteiger partial charge in [0.05, 0.1) is 17.7 Å². The number of benzene rings is 2. The van der Waals surface area contributed by atoms with Crippen LogP contribution in [0.2, 0.25) is 0 Å². The predicted molar refractivity (Wildman–Crippen MR) is 121 cm³/mol. The lowest BCUT2D eigenvalue weighted by molar-refractivity contribution is -0.137. The van der Waals surface area contributed by atoms with Crippen LogP contribution in [0, 0.1) is 0 Å². The third kappa shape index (κ3) is 6.64. The number of amides is 1. The molecule has 170 valence electrons. The molecule has 0 aliphatic carbocycles. The smallest absolute Gasteiger partial charge is 0.352 e. The summed E-state index contributed by atoms with van der Waals surface area (Å²) in [5.74, 6) is -0.151. The fourth-order valence-electron chi connectivity index (χ4n) is 3.22. The molecule has 1 aromatic heterocycles. The highest BCUT2D eigenvalue weighted by molar-refractivity contribution is 7.13. The highest BCUT2D eigenvalue weighted by Gasteiger charge is 2.30. The predicted octanol–water partition coefficient (Wildman–Crippen LogP) is 5.53. The van der Waals surface area contributed by atoms with Gasteiger partial charge in [0.15, 0.2) is 0 Å². The van der Waals surface area contributed by atoms with Crippen molar-refractivity contribution < 1.29 is 18.0 Å². The SMILES string of the molecule is CCN(CC)Cc1ccc(CNC(=O)Cc2csc(-c3ccc(C(F)(F)F)cc3)n2)cc1. The quantitative estimate of drug-likeness (QED) is 0.456. The van der Waals surface area contributed by atoms with E-state index in [1.807, 2.05) is 12.1 Å². The number of rotatable bonds is 9. The van der Waals surface area contributed by atoms with E-state index in [1.165, 1.54) is 29.0 Å². The Hall–Kier alpha value is -2.71.